The minimum Gasteiger partial charge on any atom is -0.298 e. The van der Waals surface area contributed by atoms with Crippen molar-refractivity contribution >= 4 is 45.1 Å². The third kappa shape index (κ3) is 4.62. The van der Waals surface area contributed by atoms with E-state index in [0.717, 1.165) is 9.37 Å². The molecule has 0 bridgehead atoms. The van der Waals surface area contributed by atoms with Gasteiger partial charge in [-0.05, 0) is 42.0 Å². The number of carbonyl (C=O) groups is 1. The van der Waals surface area contributed by atoms with E-state index in [-0.39, 0.29) is 12.2 Å². The molecule has 2 rings (SSSR count). The zero-order valence-corrected chi connectivity index (χ0v) is 13.6. The van der Waals surface area contributed by atoms with Crippen LogP contribution >= 0.6 is 39.3 Å². The lowest BCUT2D eigenvalue weighted by molar-refractivity contribution is -0.116. The lowest BCUT2D eigenvalue weighted by Gasteiger charge is -2.04. The number of hydrogen-bond donors (Lipinski definition) is 0. The van der Waals surface area contributed by atoms with E-state index in [1.807, 2.05) is 24.3 Å². The first kappa shape index (κ1) is 15.5. The summed E-state index contributed by atoms with van der Waals surface area (Å²) in [6.07, 6.45) is 0.0629. The number of hydrogen-bond acceptors (Lipinski definition) is 2. The van der Waals surface area contributed by atoms with Gasteiger partial charge in [-0.15, -0.1) is 11.8 Å². The quantitative estimate of drug-likeness (QED) is 0.675. The fraction of sp³-hybridized carbons (Fsp3) is 0.133. The first-order valence-corrected chi connectivity index (χ1v) is 8.04. The molecule has 0 aliphatic rings. The number of carbonyl (C=O) groups excluding carboxylic acids is 1. The highest BCUT2D eigenvalue weighted by Crippen LogP contribution is 2.23. The van der Waals surface area contributed by atoms with Crippen LogP contribution in [0.1, 0.15) is 5.56 Å². The van der Waals surface area contributed by atoms with Gasteiger partial charge in [-0.3, -0.25) is 4.79 Å². The maximum absolute atomic E-state index is 13.5. The van der Waals surface area contributed by atoms with E-state index in [2.05, 4.69) is 15.9 Å². The van der Waals surface area contributed by atoms with Gasteiger partial charge in [-0.2, -0.15) is 0 Å². The van der Waals surface area contributed by atoms with Crippen LogP contribution in [-0.2, 0) is 11.2 Å². The van der Waals surface area contributed by atoms with Gasteiger partial charge in [0, 0.05) is 20.8 Å². The smallest absolute Gasteiger partial charge is 0.147 e. The van der Waals surface area contributed by atoms with E-state index in [9.17, 15) is 9.18 Å². The van der Waals surface area contributed by atoms with Crippen LogP contribution in [0.3, 0.4) is 0 Å². The number of ketones is 1. The summed E-state index contributed by atoms with van der Waals surface area (Å²) in [4.78, 5) is 12.9. The lowest BCUT2D eigenvalue weighted by atomic mass is 10.1. The summed E-state index contributed by atoms with van der Waals surface area (Å²) in [7, 11) is 0. The molecule has 0 unspecified atom stereocenters. The molecule has 2 aromatic carbocycles. The zero-order chi connectivity index (χ0) is 14.5. The monoisotopic (exact) mass is 372 g/mol. The maximum Gasteiger partial charge on any atom is 0.147 e. The van der Waals surface area contributed by atoms with Gasteiger partial charge in [-0.1, -0.05) is 33.6 Å². The molecule has 0 radical (unpaired) electrons. The van der Waals surface area contributed by atoms with Crippen molar-refractivity contribution in [1.82, 2.24) is 0 Å². The summed E-state index contributed by atoms with van der Waals surface area (Å²) in [6, 6.07) is 12.0. The maximum atomic E-state index is 13.5. The van der Waals surface area contributed by atoms with Crippen LogP contribution < -0.4 is 0 Å². The molecule has 0 atom stereocenters. The van der Waals surface area contributed by atoms with E-state index >= 15 is 0 Å². The summed E-state index contributed by atoms with van der Waals surface area (Å²) in [5, 5.41) is 0.439. The van der Waals surface area contributed by atoms with Crippen molar-refractivity contribution in [3.05, 3.63) is 63.3 Å². The van der Waals surface area contributed by atoms with E-state index in [1.54, 1.807) is 0 Å². The van der Waals surface area contributed by atoms with Gasteiger partial charge in [0.05, 0.1) is 5.75 Å². The molecule has 1 nitrogen and oxygen atoms in total. The molecule has 0 aliphatic heterocycles. The molecule has 0 aliphatic carbocycles. The van der Waals surface area contributed by atoms with Gasteiger partial charge >= 0.3 is 0 Å². The zero-order valence-electron chi connectivity index (χ0n) is 10.4. The molecule has 0 saturated heterocycles. The fourth-order valence-corrected chi connectivity index (χ4v) is 3.22. The number of halogens is 3. The Morgan fingerprint density at radius 2 is 2.05 bits per heavy atom. The third-order valence-electron chi connectivity index (χ3n) is 2.59. The standard InChI is InChI=1S/C15H11BrClFOS/c16-11-2-1-3-14(8-11)20-9-13(19)7-10-6-12(17)4-5-15(10)18/h1-6,8H,7,9H2. The van der Waals surface area contributed by atoms with Crippen LogP contribution in [0, 0.1) is 5.82 Å². The summed E-state index contributed by atoms with van der Waals surface area (Å²) < 4.78 is 14.5. The Labute approximate surface area is 134 Å². The Kier molecular flexibility index (Phi) is 5.64. The first-order chi connectivity index (χ1) is 9.54. The van der Waals surface area contributed by atoms with Crippen LogP contribution in [0.4, 0.5) is 4.39 Å². The summed E-state index contributed by atoms with van der Waals surface area (Å²) >= 11 is 10.6. The van der Waals surface area contributed by atoms with E-state index in [1.165, 1.54) is 30.0 Å². The molecular weight excluding hydrogens is 363 g/mol. The fourth-order valence-electron chi connectivity index (χ4n) is 1.66. The van der Waals surface area contributed by atoms with Crippen molar-refractivity contribution in [3.8, 4) is 0 Å². The Hall–Kier alpha value is -0.840. The SMILES string of the molecule is O=C(CSc1cccc(Br)c1)Cc1cc(Cl)ccc1F. The summed E-state index contributed by atoms with van der Waals surface area (Å²) in [6.45, 7) is 0. The molecular formula is C15H11BrClFOS. The average Bonchev–Trinajstić information content (AvgIpc) is 2.41. The van der Waals surface area contributed by atoms with Crippen molar-refractivity contribution in [2.24, 2.45) is 0 Å². The van der Waals surface area contributed by atoms with E-state index < -0.39 is 5.82 Å². The number of Topliss-reactive ketones (excluding diaryl/α,β-unsaturated/α-hetero) is 1. The van der Waals surface area contributed by atoms with Crippen LogP contribution in [-0.4, -0.2) is 11.5 Å². The van der Waals surface area contributed by atoms with Gasteiger partial charge < -0.3 is 0 Å². The van der Waals surface area contributed by atoms with Gasteiger partial charge in [0.2, 0.25) is 0 Å². The third-order valence-corrected chi connectivity index (χ3v) is 4.37. The van der Waals surface area contributed by atoms with Gasteiger partial charge in [0.1, 0.15) is 11.6 Å². The highest BCUT2D eigenvalue weighted by Gasteiger charge is 2.09. The van der Waals surface area contributed by atoms with Crippen LogP contribution in [0.25, 0.3) is 0 Å². The normalized spacial score (nSPS) is 10.6. The number of rotatable bonds is 5. The topological polar surface area (TPSA) is 17.1 Å². The van der Waals surface area contributed by atoms with Gasteiger partial charge in [-0.25, -0.2) is 4.39 Å². The van der Waals surface area contributed by atoms with Gasteiger partial charge in [0.25, 0.3) is 0 Å². The molecule has 5 heteroatoms. The molecule has 0 saturated carbocycles. The lowest BCUT2D eigenvalue weighted by Crippen LogP contribution is -2.07. The molecule has 20 heavy (non-hydrogen) atoms. The molecule has 0 N–H and O–H groups in total. The van der Waals surface area contributed by atoms with Crippen molar-refractivity contribution in [2.45, 2.75) is 11.3 Å². The second-order valence-corrected chi connectivity index (χ2v) is 6.60. The molecule has 0 amide bonds. The highest BCUT2D eigenvalue weighted by atomic mass is 79.9. The molecule has 0 fully saturated rings. The van der Waals surface area contributed by atoms with Crippen molar-refractivity contribution in [3.63, 3.8) is 0 Å². The van der Waals surface area contributed by atoms with Crippen molar-refractivity contribution in [2.75, 3.05) is 5.75 Å². The summed E-state index contributed by atoms with van der Waals surface area (Å²) in [5.41, 5.74) is 0.345. The Bertz CT molecular complexity index is 633. The van der Waals surface area contributed by atoms with E-state index in [0.29, 0.717) is 16.3 Å². The average molecular weight is 374 g/mol. The minimum atomic E-state index is -0.393. The van der Waals surface area contributed by atoms with Crippen LogP contribution in [0.5, 0.6) is 0 Å². The molecule has 0 spiro atoms. The molecule has 104 valence electrons. The number of benzene rings is 2. The molecule has 0 aromatic heterocycles. The molecule has 0 heterocycles. The van der Waals surface area contributed by atoms with Crippen molar-refractivity contribution < 1.29 is 9.18 Å². The van der Waals surface area contributed by atoms with Crippen molar-refractivity contribution in [1.29, 1.82) is 0 Å². The highest BCUT2D eigenvalue weighted by molar-refractivity contribution is 9.10. The van der Waals surface area contributed by atoms with E-state index in [4.69, 9.17) is 11.6 Å². The molecule has 2 aromatic rings. The van der Waals surface area contributed by atoms with Gasteiger partial charge in [0.15, 0.2) is 0 Å². The largest absolute Gasteiger partial charge is 0.298 e. The predicted molar refractivity (Wildman–Crippen MR) is 85.0 cm³/mol. The predicted octanol–water partition coefficient (Wildman–Crippen LogP) is 5.15. The second kappa shape index (κ2) is 7.25. The Morgan fingerprint density at radius 1 is 1.25 bits per heavy atom. The Morgan fingerprint density at radius 3 is 2.80 bits per heavy atom. The van der Waals surface area contributed by atoms with Crippen LogP contribution in [0.15, 0.2) is 51.8 Å². The minimum absolute atomic E-state index is 0.0313. The second-order valence-electron chi connectivity index (χ2n) is 4.20. The number of thioether (sulfide) groups is 1. The summed E-state index contributed by atoms with van der Waals surface area (Å²) in [5.74, 6) is -0.117. The first-order valence-electron chi connectivity index (χ1n) is 5.88. The Balaban J connectivity index is 1.94. The van der Waals surface area contributed by atoms with Crippen LogP contribution in [0.2, 0.25) is 5.02 Å².